The van der Waals surface area contributed by atoms with Crippen LogP contribution in [0.2, 0.25) is 0 Å². The second-order valence-electron chi connectivity index (χ2n) is 5.08. The number of aromatic nitrogens is 2. The van der Waals surface area contributed by atoms with Gasteiger partial charge in [-0.2, -0.15) is 0 Å². The number of carbonyl (C=O) groups is 1. The van der Waals surface area contributed by atoms with Crippen LogP contribution in [-0.4, -0.2) is 15.9 Å². The Morgan fingerprint density at radius 1 is 1.25 bits per heavy atom. The molecule has 0 atom stereocenters. The second kappa shape index (κ2) is 7.18. The number of amides is 1. The number of thiazole rings is 1. The molecule has 24 heavy (non-hydrogen) atoms. The topological polar surface area (TPSA) is 66.9 Å². The van der Waals surface area contributed by atoms with Gasteiger partial charge in [-0.15, -0.1) is 11.3 Å². The standard InChI is InChI=1S/C17H15FN4OS/c1-11(23)22-16-8-12(5-6-14(16)18)20-9-13-10-21-17(24-13)15-4-2-3-7-19-15/h2-8,10,20H,9H2,1H3,(H,22,23). The van der Waals surface area contributed by atoms with E-state index in [0.717, 1.165) is 15.6 Å². The summed E-state index contributed by atoms with van der Waals surface area (Å²) in [6.45, 7) is 1.89. The van der Waals surface area contributed by atoms with Crippen molar-refractivity contribution in [2.75, 3.05) is 10.6 Å². The minimum Gasteiger partial charge on any atom is -0.380 e. The van der Waals surface area contributed by atoms with E-state index in [-0.39, 0.29) is 11.6 Å². The zero-order valence-corrected chi connectivity index (χ0v) is 13.7. The van der Waals surface area contributed by atoms with E-state index in [1.165, 1.54) is 13.0 Å². The van der Waals surface area contributed by atoms with Crippen molar-refractivity contribution in [1.29, 1.82) is 0 Å². The molecule has 1 aromatic carbocycles. The minimum absolute atomic E-state index is 0.158. The number of hydrogen-bond donors (Lipinski definition) is 2. The lowest BCUT2D eigenvalue weighted by Crippen LogP contribution is -2.08. The SMILES string of the molecule is CC(=O)Nc1cc(NCc2cnc(-c3ccccn3)s2)ccc1F. The predicted octanol–water partition coefficient (Wildman–Crippen LogP) is 3.91. The number of nitrogens with one attached hydrogen (secondary N) is 2. The van der Waals surface area contributed by atoms with Gasteiger partial charge in [0.2, 0.25) is 5.91 Å². The highest BCUT2D eigenvalue weighted by molar-refractivity contribution is 7.15. The van der Waals surface area contributed by atoms with Crippen LogP contribution in [0.1, 0.15) is 11.8 Å². The molecule has 2 aromatic heterocycles. The summed E-state index contributed by atoms with van der Waals surface area (Å²) >= 11 is 1.54. The lowest BCUT2D eigenvalue weighted by Gasteiger charge is -2.08. The van der Waals surface area contributed by atoms with Crippen molar-refractivity contribution in [3.05, 3.63) is 59.5 Å². The third-order valence-electron chi connectivity index (χ3n) is 3.18. The Morgan fingerprint density at radius 2 is 2.12 bits per heavy atom. The van der Waals surface area contributed by atoms with E-state index in [2.05, 4.69) is 20.6 Å². The Morgan fingerprint density at radius 3 is 2.88 bits per heavy atom. The Hall–Kier alpha value is -2.80. The van der Waals surface area contributed by atoms with E-state index in [1.807, 2.05) is 18.2 Å². The van der Waals surface area contributed by atoms with Gasteiger partial charge in [0.15, 0.2) is 0 Å². The summed E-state index contributed by atoms with van der Waals surface area (Å²) in [5.74, 6) is -0.778. The second-order valence-corrected chi connectivity index (χ2v) is 6.19. The van der Waals surface area contributed by atoms with E-state index < -0.39 is 5.82 Å². The van der Waals surface area contributed by atoms with E-state index in [4.69, 9.17) is 0 Å². The molecule has 1 amide bonds. The van der Waals surface area contributed by atoms with Crippen molar-refractivity contribution in [3.8, 4) is 10.7 Å². The van der Waals surface area contributed by atoms with E-state index in [0.29, 0.717) is 12.2 Å². The van der Waals surface area contributed by atoms with Crippen molar-refractivity contribution in [3.63, 3.8) is 0 Å². The largest absolute Gasteiger partial charge is 0.380 e. The first-order chi connectivity index (χ1) is 11.6. The van der Waals surface area contributed by atoms with Gasteiger partial charge in [-0.05, 0) is 30.3 Å². The molecule has 2 N–H and O–H groups in total. The predicted molar refractivity (Wildman–Crippen MR) is 93.4 cm³/mol. The molecule has 0 saturated heterocycles. The number of rotatable bonds is 5. The molecule has 0 bridgehead atoms. The average molecular weight is 342 g/mol. The van der Waals surface area contributed by atoms with Crippen LogP contribution in [0.15, 0.2) is 48.8 Å². The maximum Gasteiger partial charge on any atom is 0.221 e. The van der Waals surface area contributed by atoms with Gasteiger partial charge < -0.3 is 10.6 Å². The van der Waals surface area contributed by atoms with Crippen LogP contribution in [0.3, 0.4) is 0 Å². The Bertz CT molecular complexity index is 851. The molecule has 0 unspecified atom stereocenters. The number of halogens is 1. The molecule has 0 aliphatic heterocycles. The van der Waals surface area contributed by atoms with Crippen molar-refractivity contribution in [1.82, 2.24) is 9.97 Å². The highest BCUT2D eigenvalue weighted by Gasteiger charge is 2.07. The monoisotopic (exact) mass is 342 g/mol. The fourth-order valence-corrected chi connectivity index (χ4v) is 2.94. The van der Waals surface area contributed by atoms with Crippen molar-refractivity contribution in [2.24, 2.45) is 0 Å². The fraction of sp³-hybridized carbons (Fsp3) is 0.118. The third kappa shape index (κ3) is 3.94. The molecular weight excluding hydrogens is 327 g/mol. The quantitative estimate of drug-likeness (QED) is 0.738. The molecule has 0 radical (unpaired) electrons. The highest BCUT2D eigenvalue weighted by atomic mass is 32.1. The summed E-state index contributed by atoms with van der Waals surface area (Å²) in [5, 5.41) is 6.52. The van der Waals surface area contributed by atoms with E-state index in [1.54, 1.807) is 35.9 Å². The first kappa shape index (κ1) is 16.1. The summed E-state index contributed by atoms with van der Waals surface area (Å²) in [5.41, 5.74) is 1.71. The molecule has 122 valence electrons. The number of anilines is 2. The number of hydrogen-bond acceptors (Lipinski definition) is 5. The van der Waals surface area contributed by atoms with Gasteiger partial charge in [0.05, 0.1) is 17.9 Å². The molecule has 0 aliphatic carbocycles. The maximum absolute atomic E-state index is 13.6. The lowest BCUT2D eigenvalue weighted by molar-refractivity contribution is -0.114. The van der Waals surface area contributed by atoms with Crippen LogP contribution in [0, 0.1) is 5.82 Å². The fourth-order valence-electron chi connectivity index (χ4n) is 2.11. The van der Waals surface area contributed by atoms with Gasteiger partial charge in [0.1, 0.15) is 10.8 Å². The van der Waals surface area contributed by atoms with Gasteiger partial charge >= 0.3 is 0 Å². The van der Waals surface area contributed by atoms with Crippen molar-refractivity contribution >= 4 is 28.6 Å². The van der Waals surface area contributed by atoms with Gasteiger partial charge in [-0.3, -0.25) is 9.78 Å². The molecular formula is C17H15FN4OS. The Kier molecular flexibility index (Phi) is 4.81. The first-order valence-electron chi connectivity index (χ1n) is 7.29. The van der Waals surface area contributed by atoms with E-state index >= 15 is 0 Å². The zero-order chi connectivity index (χ0) is 16.9. The maximum atomic E-state index is 13.6. The van der Waals surface area contributed by atoms with Gasteiger partial charge in [-0.25, -0.2) is 9.37 Å². The van der Waals surface area contributed by atoms with Crippen molar-refractivity contribution < 1.29 is 9.18 Å². The van der Waals surface area contributed by atoms with Crippen LogP contribution < -0.4 is 10.6 Å². The first-order valence-corrected chi connectivity index (χ1v) is 8.10. The minimum atomic E-state index is -0.467. The normalized spacial score (nSPS) is 10.4. The zero-order valence-electron chi connectivity index (χ0n) is 12.9. The number of pyridine rings is 1. The molecule has 0 fully saturated rings. The molecule has 0 saturated carbocycles. The number of benzene rings is 1. The van der Waals surface area contributed by atoms with E-state index in [9.17, 15) is 9.18 Å². The molecule has 3 aromatic rings. The van der Waals surface area contributed by atoms with Crippen LogP contribution in [-0.2, 0) is 11.3 Å². The van der Waals surface area contributed by atoms with Crippen molar-refractivity contribution in [2.45, 2.75) is 13.5 Å². The van der Waals surface area contributed by atoms with Gasteiger partial charge in [0.25, 0.3) is 0 Å². The van der Waals surface area contributed by atoms with Gasteiger partial charge in [0, 0.05) is 29.9 Å². The summed E-state index contributed by atoms with van der Waals surface area (Å²) in [4.78, 5) is 20.8. The highest BCUT2D eigenvalue weighted by Crippen LogP contribution is 2.25. The molecule has 0 aliphatic rings. The Balaban J connectivity index is 1.68. The average Bonchev–Trinajstić information content (AvgIpc) is 3.05. The lowest BCUT2D eigenvalue weighted by atomic mass is 10.2. The molecule has 3 rings (SSSR count). The van der Waals surface area contributed by atoms with Crippen LogP contribution >= 0.6 is 11.3 Å². The molecule has 0 spiro atoms. The third-order valence-corrected chi connectivity index (χ3v) is 4.20. The summed E-state index contributed by atoms with van der Waals surface area (Å²) in [7, 11) is 0. The smallest absolute Gasteiger partial charge is 0.221 e. The van der Waals surface area contributed by atoms with Crippen LogP contribution in [0.25, 0.3) is 10.7 Å². The molecule has 5 nitrogen and oxygen atoms in total. The summed E-state index contributed by atoms with van der Waals surface area (Å²) in [6.07, 6.45) is 3.52. The number of carbonyl (C=O) groups excluding carboxylic acids is 1. The molecule has 2 heterocycles. The van der Waals surface area contributed by atoms with Gasteiger partial charge in [-0.1, -0.05) is 6.07 Å². The Labute approximate surface area is 142 Å². The number of nitrogens with zero attached hydrogens (tertiary/aromatic N) is 2. The van der Waals surface area contributed by atoms with Crippen LogP contribution in [0.5, 0.6) is 0 Å². The summed E-state index contributed by atoms with van der Waals surface area (Å²) < 4.78 is 13.6. The van der Waals surface area contributed by atoms with Crippen LogP contribution in [0.4, 0.5) is 15.8 Å². The summed E-state index contributed by atoms with van der Waals surface area (Å²) in [6, 6.07) is 10.2. The molecule has 7 heteroatoms.